The Morgan fingerprint density at radius 1 is 1.32 bits per heavy atom. The maximum atomic E-state index is 13.1. The quantitative estimate of drug-likeness (QED) is 0.645. The Bertz CT molecular complexity index is 921. The van der Waals surface area contributed by atoms with E-state index in [0.717, 1.165) is 4.90 Å². The molecular weight excluding hydrogens is 402 g/mol. The van der Waals surface area contributed by atoms with Crippen LogP contribution in [-0.4, -0.2) is 69.2 Å². The van der Waals surface area contributed by atoms with Gasteiger partial charge in [0.2, 0.25) is 5.91 Å². The number of ether oxygens (including phenoxy) is 1. The first-order valence-electron chi connectivity index (χ1n) is 9.95. The summed E-state index contributed by atoms with van der Waals surface area (Å²) in [5, 5.41) is 12.6. The van der Waals surface area contributed by atoms with Crippen molar-refractivity contribution in [1.29, 1.82) is 0 Å². The summed E-state index contributed by atoms with van der Waals surface area (Å²) in [6.07, 6.45) is 2.01. The molecule has 10 heteroatoms. The number of rotatable bonds is 6. The normalized spacial score (nSPS) is 15.5. The topological polar surface area (TPSA) is 128 Å². The highest BCUT2D eigenvalue weighted by Crippen LogP contribution is 2.23. The van der Waals surface area contributed by atoms with Gasteiger partial charge in [-0.2, -0.15) is 0 Å². The number of carbonyl (C=O) groups excluding carboxylic acids is 2. The molecule has 1 unspecified atom stereocenters. The van der Waals surface area contributed by atoms with Crippen molar-refractivity contribution in [2.24, 2.45) is 0 Å². The van der Waals surface area contributed by atoms with Crippen LogP contribution >= 0.6 is 0 Å². The van der Waals surface area contributed by atoms with Gasteiger partial charge in [-0.25, -0.2) is 9.78 Å². The van der Waals surface area contributed by atoms with Gasteiger partial charge < -0.3 is 25.0 Å². The van der Waals surface area contributed by atoms with Gasteiger partial charge in [-0.05, 0) is 45.0 Å². The highest BCUT2D eigenvalue weighted by atomic mass is 16.5. The second-order valence-electron chi connectivity index (χ2n) is 8.25. The zero-order valence-electron chi connectivity index (χ0n) is 17.8. The highest BCUT2D eigenvalue weighted by Gasteiger charge is 2.38. The predicted octanol–water partition coefficient (Wildman–Crippen LogP) is 2.10. The minimum atomic E-state index is -1.19. The first kappa shape index (κ1) is 22.3. The minimum Gasteiger partial charge on any atom is -0.465 e. The van der Waals surface area contributed by atoms with Crippen LogP contribution in [0.15, 0.2) is 36.8 Å². The second kappa shape index (κ2) is 9.17. The van der Waals surface area contributed by atoms with E-state index in [1.165, 1.54) is 6.33 Å². The smallest absolute Gasteiger partial charge is 0.408 e. The number of morpholine rings is 1. The number of hydrogen-bond acceptors (Lipinski definition) is 5. The standard InChI is InChI=1S/C21H27N5O5/c1-21(2,3)26(20(29)30)17(10-15-11-22-13-23-15)19(28)24-14-4-6-16(7-5-14)25-8-9-31-12-18(25)27/h4-7,11,13,17H,8-10,12H2,1-3H3,(H,22,23)(H,24,28)(H,29,30). The van der Waals surface area contributed by atoms with Crippen LogP contribution in [0, 0.1) is 0 Å². The molecule has 1 aromatic heterocycles. The Labute approximate surface area is 180 Å². The average molecular weight is 429 g/mol. The van der Waals surface area contributed by atoms with E-state index >= 15 is 0 Å². The highest BCUT2D eigenvalue weighted by molar-refractivity contribution is 5.98. The fourth-order valence-corrected chi connectivity index (χ4v) is 3.53. The molecule has 0 radical (unpaired) electrons. The average Bonchev–Trinajstić information content (AvgIpc) is 3.20. The summed E-state index contributed by atoms with van der Waals surface area (Å²) in [5.41, 5.74) is 1.07. The Morgan fingerprint density at radius 3 is 2.58 bits per heavy atom. The molecule has 3 rings (SSSR count). The van der Waals surface area contributed by atoms with E-state index in [0.29, 0.717) is 30.2 Å². The minimum absolute atomic E-state index is 0.0472. The van der Waals surface area contributed by atoms with Crippen molar-refractivity contribution in [3.8, 4) is 0 Å². The number of nitrogens with one attached hydrogen (secondary N) is 2. The third-order valence-electron chi connectivity index (χ3n) is 4.94. The number of carbonyl (C=O) groups is 3. The third-order valence-corrected chi connectivity index (χ3v) is 4.94. The van der Waals surface area contributed by atoms with Gasteiger partial charge in [0, 0.05) is 41.8 Å². The molecule has 1 aliphatic rings. The molecule has 1 aromatic carbocycles. The second-order valence-corrected chi connectivity index (χ2v) is 8.25. The molecule has 10 nitrogen and oxygen atoms in total. The van der Waals surface area contributed by atoms with Crippen LogP contribution in [0.3, 0.4) is 0 Å². The van der Waals surface area contributed by atoms with Crippen LogP contribution in [0.2, 0.25) is 0 Å². The van der Waals surface area contributed by atoms with Crippen LogP contribution in [0.1, 0.15) is 26.5 Å². The first-order valence-corrected chi connectivity index (χ1v) is 9.95. The zero-order chi connectivity index (χ0) is 22.6. The molecule has 31 heavy (non-hydrogen) atoms. The molecule has 0 spiro atoms. The van der Waals surface area contributed by atoms with Gasteiger partial charge in [0.1, 0.15) is 12.6 Å². The van der Waals surface area contributed by atoms with E-state index in [9.17, 15) is 19.5 Å². The van der Waals surface area contributed by atoms with Crippen molar-refractivity contribution in [2.75, 3.05) is 30.0 Å². The Hall–Kier alpha value is -3.40. The van der Waals surface area contributed by atoms with Crippen LogP contribution in [0.5, 0.6) is 0 Å². The maximum Gasteiger partial charge on any atom is 0.408 e. The van der Waals surface area contributed by atoms with E-state index in [4.69, 9.17) is 4.74 Å². The van der Waals surface area contributed by atoms with Gasteiger partial charge in [0.15, 0.2) is 0 Å². The summed E-state index contributed by atoms with van der Waals surface area (Å²) in [5.74, 6) is -0.577. The summed E-state index contributed by atoms with van der Waals surface area (Å²) >= 11 is 0. The first-order chi connectivity index (χ1) is 14.7. The van der Waals surface area contributed by atoms with E-state index in [-0.39, 0.29) is 18.9 Å². The molecule has 2 heterocycles. The van der Waals surface area contributed by atoms with Crippen LogP contribution in [-0.2, 0) is 20.7 Å². The monoisotopic (exact) mass is 429 g/mol. The Kier molecular flexibility index (Phi) is 6.59. The van der Waals surface area contributed by atoms with Crippen LogP contribution in [0.4, 0.5) is 16.2 Å². The largest absolute Gasteiger partial charge is 0.465 e. The predicted molar refractivity (Wildman–Crippen MR) is 114 cm³/mol. The summed E-state index contributed by atoms with van der Waals surface area (Å²) in [6.45, 7) is 6.20. The zero-order valence-corrected chi connectivity index (χ0v) is 17.8. The molecule has 2 aromatic rings. The fourth-order valence-electron chi connectivity index (χ4n) is 3.53. The summed E-state index contributed by atoms with van der Waals surface area (Å²) in [4.78, 5) is 46.8. The van der Waals surface area contributed by atoms with Gasteiger partial charge in [-0.15, -0.1) is 0 Å². The molecule has 1 aliphatic heterocycles. The summed E-state index contributed by atoms with van der Waals surface area (Å²) < 4.78 is 5.14. The van der Waals surface area contributed by atoms with Gasteiger partial charge in [-0.3, -0.25) is 14.5 Å². The van der Waals surface area contributed by atoms with Crippen molar-refractivity contribution in [3.63, 3.8) is 0 Å². The van der Waals surface area contributed by atoms with Crippen molar-refractivity contribution in [2.45, 2.75) is 38.8 Å². The number of anilines is 2. The SMILES string of the molecule is CC(C)(C)N(C(=O)O)C(Cc1cnc[nH]1)C(=O)Nc1ccc(N2CCOCC2=O)cc1. The van der Waals surface area contributed by atoms with E-state index in [2.05, 4.69) is 15.3 Å². The molecule has 0 aliphatic carbocycles. The van der Waals surface area contributed by atoms with Crippen molar-refractivity contribution in [3.05, 3.63) is 42.5 Å². The van der Waals surface area contributed by atoms with Crippen molar-refractivity contribution < 1.29 is 24.2 Å². The lowest BCUT2D eigenvalue weighted by molar-refractivity contribution is -0.125. The summed E-state index contributed by atoms with van der Waals surface area (Å²) in [6, 6.07) is 5.87. The van der Waals surface area contributed by atoms with Gasteiger partial charge >= 0.3 is 6.09 Å². The van der Waals surface area contributed by atoms with E-state index in [1.807, 2.05) is 0 Å². The van der Waals surface area contributed by atoms with Gasteiger partial charge in [0.25, 0.3) is 5.91 Å². The number of aromatic nitrogens is 2. The van der Waals surface area contributed by atoms with E-state index < -0.39 is 23.6 Å². The number of hydrogen-bond donors (Lipinski definition) is 3. The number of aromatic amines is 1. The van der Waals surface area contributed by atoms with Crippen LogP contribution < -0.4 is 10.2 Å². The molecule has 1 saturated heterocycles. The third kappa shape index (κ3) is 5.40. The maximum absolute atomic E-state index is 13.1. The van der Waals surface area contributed by atoms with Gasteiger partial charge in [0.05, 0.1) is 12.9 Å². The van der Waals surface area contributed by atoms with Gasteiger partial charge in [-0.1, -0.05) is 0 Å². The van der Waals surface area contributed by atoms with Crippen LogP contribution in [0.25, 0.3) is 0 Å². The number of H-pyrrole nitrogens is 1. The van der Waals surface area contributed by atoms with E-state index in [1.54, 1.807) is 56.1 Å². The van der Waals surface area contributed by atoms with Crippen molar-refractivity contribution in [1.82, 2.24) is 14.9 Å². The molecule has 3 amide bonds. The molecule has 1 atom stereocenters. The molecule has 0 bridgehead atoms. The number of carboxylic acid groups (broad SMARTS) is 1. The molecular formula is C21H27N5O5. The molecule has 166 valence electrons. The number of nitrogens with zero attached hydrogens (tertiary/aromatic N) is 3. The lowest BCUT2D eigenvalue weighted by Gasteiger charge is -2.38. The van der Waals surface area contributed by atoms with Crippen molar-refractivity contribution >= 4 is 29.3 Å². The number of imidazole rings is 1. The number of amides is 3. The summed E-state index contributed by atoms with van der Waals surface area (Å²) in [7, 11) is 0. The lowest BCUT2D eigenvalue weighted by Crippen LogP contribution is -2.56. The molecule has 1 fully saturated rings. The number of benzene rings is 1. The Morgan fingerprint density at radius 2 is 2.03 bits per heavy atom. The molecule has 3 N–H and O–H groups in total. The lowest BCUT2D eigenvalue weighted by atomic mass is 10.00. The fraction of sp³-hybridized carbons (Fsp3) is 0.429. The molecule has 0 saturated carbocycles. The Balaban J connectivity index is 1.79.